The Balaban J connectivity index is 1.88. The molecular weight excluding hydrogens is 316 g/mol. The van der Waals surface area contributed by atoms with Gasteiger partial charge in [-0.3, -0.25) is 0 Å². The summed E-state index contributed by atoms with van der Waals surface area (Å²) in [5.74, 6) is 0.672. The van der Waals surface area contributed by atoms with E-state index in [-0.39, 0.29) is 6.03 Å². The Labute approximate surface area is 140 Å². The van der Waals surface area contributed by atoms with Crippen LogP contribution < -0.4 is 15.4 Å². The highest BCUT2D eigenvalue weighted by atomic mass is 35.5. The zero-order valence-electron chi connectivity index (χ0n) is 12.8. The van der Waals surface area contributed by atoms with Crippen LogP contribution in [0.5, 0.6) is 5.75 Å². The molecule has 5 nitrogen and oxygen atoms in total. The van der Waals surface area contributed by atoms with Crippen molar-refractivity contribution in [3.63, 3.8) is 0 Å². The first-order chi connectivity index (χ1) is 11.2. The number of halogens is 1. The first-order valence-electron chi connectivity index (χ1n) is 7.31. The molecule has 2 aromatic rings. The Morgan fingerprint density at radius 2 is 1.74 bits per heavy atom. The summed E-state index contributed by atoms with van der Waals surface area (Å²) in [6, 6.07) is 13.8. The highest BCUT2D eigenvalue weighted by molar-refractivity contribution is 6.30. The van der Waals surface area contributed by atoms with Gasteiger partial charge in [0.05, 0.1) is 6.61 Å². The van der Waals surface area contributed by atoms with E-state index in [1.165, 1.54) is 0 Å². The summed E-state index contributed by atoms with van der Waals surface area (Å²) in [4.78, 5) is 12.0. The first kappa shape index (κ1) is 17.1. The number of benzene rings is 2. The number of carbonyl (C=O) groups excluding carboxylic acids is 1. The fraction of sp³-hybridized carbons (Fsp3) is 0.235. The average Bonchev–Trinajstić information content (AvgIpc) is 2.52. The molecule has 2 aromatic carbocycles. The second-order valence-electron chi connectivity index (χ2n) is 4.66. The van der Waals surface area contributed by atoms with E-state index in [4.69, 9.17) is 21.1 Å². The molecule has 0 radical (unpaired) electrons. The van der Waals surface area contributed by atoms with Gasteiger partial charge in [0.2, 0.25) is 0 Å². The number of hydrogen-bond acceptors (Lipinski definition) is 3. The summed E-state index contributed by atoms with van der Waals surface area (Å²) in [5, 5.41) is 6.03. The molecule has 2 amide bonds. The van der Waals surface area contributed by atoms with E-state index in [1.54, 1.807) is 36.4 Å². The SMILES string of the molecule is CCOCCOc1cccc(NC(=O)Nc2cccc(Cl)c2)c1. The molecule has 2 N–H and O–H groups in total. The zero-order valence-corrected chi connectivity index (χ0v) is 13.6. The quantitative estimate of drug-likeness (QED) is 0.738. The number of ether oxygens (including phenoxy) is 2. The summed E-state index contributed by atoms with van der Waals surface area (Å²) in [5.41, 5.74) is 1.26. The molecule has 122 valence electrons. The molecule has 0 bridgehead atoms. The van der Waals surface area contributed by atoms with Crippen LogP contribution in [0.25, 0.3) is 0 Å². The minimum Gasteiger partial charge on any atom is -0.491 e. The van der Waals surface area contributed by atoms with Gasteiger partial charge in [0, 0.05) is 29.1 Å². The van der Waals surface area contributed by atoms with Crippen LogP contribution in [0.2, 0.25) is 5.02 Å². The second-order valence-corrected chi connectivity index (χ2v) is 5.10. The topological polar surface area (TPSA) is 59.6 Å². The van der Waals surface area contributed by atoms with Crippen LogP contribution in [-0.4, -0.2) is 25.9 Å². The molecule has 2 rings (SSSR count). The maximum atomic E-state index is 12.0. The van der Waals surface area contributed by atoms with E-state index >= 15 is 0 Å². The van der Waals surface area contributed by atoms with E-state index in [1.807, 2.05) is 19.1 Å². The van der Waals surface area contributed by atoms with Crippen molar-refractivity contribution in [3.05, 3.63) is 53.6 Å². The third-order valence-electron chi connectivity index (χ3n) is 2.87. The smallest absolute Gasteiger partial charge is 0.323 e. The largest absolute Gasteiger partial charge is 0.491 e. The predicted octanol–water partition coefficient (Wildman–Crippen LogP) is 4.40. The predicted molar refractivity (Wildman–Crippen MR) is 92.5 cm³/mol. The van der Waals surface area contributed by atoms with Crippen LogP contribution >= 0.6 is 11.6 Å². The molecule has 0 fully saturated rings. The van der Waals surface area contributed by atoms with Gasteiger partial charge in [-0.2, -0.15) is 0 Å². The minimum absolute atomic E-state index is 0.348. The third kappa shape index (κ3) is 6.18. The molecule has 0 aliphatic heterocycles. The lowest BCUT2D eigenvalue weighted by Gasteiger charge is -2.10. The van der Waals surface area contributed by atoms with Crippen LogP contribution in [0.4, 0.5) is 16.2 Å². The normalized spacial score (nSPS) is 10.2. The van der Waals surface area contributed by atoms with Crippen LogP contribution in [-0.2, 0) is 4.74 Å². The maximum Gasteiger partial charge on any atom is 0.323 e. The summed E-state index contributed by atoms with van der Waals surface area (Å²) in [6.07, 6.45) is 0. The standard InChI is InChI=1S/C17H19ClN2O3/c1-2-22-9-10-23-16-8-4-7-15(12-16)20-17(21)19-14-6-3-5-13(18)11-14/h3-8,11-12H,2,9-10H2,1H3,(H2,19,20,21). The van der Waals surface area contributed by atoms with E-state index in [0.29, 0.717) is 42.0 Å². The molecule has 0 aliphatic carbocycles. The Hall–Kier alpha value is -2.24. The molecule has 0 aromatic heterocycles. The lowest BCUT2D eigenvalue weighted by atomic mass is 10.3. The fourth-order valence-corrected chi connectivity index (χ4v) is 2.08. The van der Waals surface area contributed by atoms with Gasteiger partial charge in [-0.25, -0.2) is 4.79 Å². The molecular formula is C17H19ClN2O3. The highest BCUT2D eigenvalue weighted by Crippen LogP contribution is 2.18. The van der Waals surface area contributed by atoms with Crippen LogP contribution in [0.1, 0.15) is 6.92 Å². The number of carbonyl (C=O) groups is 1. The zero-order chi connectivity index (χ0) is 16.5. The number of nitrogens with one attached hydrogen (secondary N) is 2. The van der Waals surface area contributed by atoms with Crippen molar-refractivity contribution in [2.24, 2.45) is 0 Å². The molecule has 6 heteroatoms. The Kier molecular flexibility index (Phi) is 6.72. The monoisotopic (exact) mass is 334 g/mol. The Bertz CT molecular complexity index is 649. The average molecular weight is 335 g/mol. The van der Waals surface area contributed by atoms with Gasteiger partial charge in [0.15, 0.2) is 0 Å². The number of rotatable bonds is 7. The summed E-state index contributed by atoms with van der Waals surface area (Å²) >= 11 is 5.88. The number of amides is 2. The fourth-order valence-electron chi connectivity index (χ4n) is 1.89. The van der Waals surface area contributed by atoms with Crippen molar-refractivity contribution in [1.82, 2.24) is 0 Å². The van der Waals surface area contributed by atoms with Crippen molar-refractivity contribution >= 4 is 29.0 Å². The molecule has 0 saturated heterocycles. The van der Waals surface area contributed by atoms with Crippen LogP contribution in [0.3, 0.4) is 0 Å². The number of urea groups is 1. The van der Waals surface area contributed by atoms with Crippen LogP contribution in [0.15, 0.2) is 48.5 Å². The summed E-state index contributed by atoms with van der Waals surface area (Å²) in [6.45, 7) is 3.59. The molecule has 0 heterocycles. The Morgan fingerprint density at radius 1 is 1.04 bits per heavy atom. The summed E-state index contributed by atoms with van der Waals surface area (Å²) in [7, 11) is 0. The van der Waals surface area contributed by atoms with Gasteiger partial charge in [-0.15, -0.1) is 0 Å². The molecule has 0 saturated carbocycles. The number of anilines is 2. The Morgan fingerprint density at radius 3 is 2.43 bits per heavy atom. The molecule has 0 aliphatic rings. The molecule has 23 heavy (non-hydrogen) atoms. The van der Waals surface area contributed by atoms with Gasteiger partial charge in [-0.05, 0) is 37.3 Å². The van der Waals surface area contributed by atoms with E-state index in [0.717, 1.165) is 0 Å². The van der Waals surface area contributed by atoms with E-state index in [9.17, 15) is 4.79 Å². The first-order valence-corrected chi connectivity index (χ1v) is 7.69. The lowest BCUT2D eigenvalue weighted by Crippen LogP contribution is -2.19. The van der Waals surface area contributed by atoms with Gasteiger partial charge in [0.25, 0.3) is 0 Å². The lowest BCUT2D eigenvalue weighted by molar-refractivity contribution is 0.110. The van der Waals surface area contributed by atoms with E-state index < -0.39 is 0 Å². The maximum absolute atomic E-state index is 12.0. The molecule has 0 atom stereocenters. The van der Waals surface area contributed by atoms with Gasteiger partial charge in [-0.1, -0.05) is 23.7 Å². The second kappa shape index (κ2) is 9.02. The highest BCUT2D eigenvalue weighted by Gasteiger charge is 2.04. The van der Waals surface area contributed by atoms with Crippen LogP contribution in [0, 0.1) is 0 Å². The molecule has 0 unspecified atom stereocenters. The van der Waals surface area contributed by atoms with Crippen molar-refractivity contribution < 1.29 is 14.3 Å². The van der Waals surface area contributed by atoms with Gasteiger partial charge < -0.3 is 20.1 Å². The summed E-state index contributed by atoms with van der Waals surface area (Å²) < 4.78 is 10.8. The van der Waals surface area contributed by atoms with Crippen molar-refractivity contribution in [2.45, 2.75) is 6.92 Å². The molecule has 0 spiro atoms. The minimum atomic E-state index is -0.348. The third-order valence-corrected chi connectivity index (χ3v) is 3.11. The van der Waals surface area contributed by atoms with Crippen molar-refractivity contribution in [1.29, 1.82) is 0 Å². The van der Waals surface area contributed by atoms with E-state index in [2.05, 4.69) is 10.6 Å². The number of hydrogen-bond donors (Lipinski definition) is 2. The van der Waals surface area contributed by atoms with Gasteiger partial charge in [0.1, 0.15) is 12.4 Å². The van der Waals surface area contributed by atoms with Gasteiger partial charge >= 0.3 is 6.03 Å². The van der Waals surface area contributed by atoms with Crippen molar-refractivity contribution in [2.75, 3.05) is 30.5 Å². The van der Waals surface area contributed by atoms with Crippen molar-refractivity contribution in [3.8, 4) is 5.75 Å².